The van der Waals surface area contributed by atoms with Crippen molar-refractivity contribution in [3.63, 3.8) is 0 Å². The highest BCUT2D eigenvalue weighted by molar-refractivity contribution is 6.33. The minimum atomic E-state index is -1.92. The maximum atomic E-state index is 10.6. The van der Waals surface area contributed by atoms with Crippen LogP contribution in [-0.2, 0) is 0 Å². The van der Waals surface area contributed by atoms with E-state index in [9.17, 15) is 4.79 Å². The summed E-state index contributed by atoms with van der Waals surface area (Å²) in [4.78, 5) is 10.6. The molecule has 0 aromatic heterocycles. The molecule has 5 nitrogen and oxygen atoms in total. The first-order valence-electron chi connectivity index (χ1n) is 4.81. The van der Waals surface area contributed by atoms with Crippen molar-refractivity contribution >= 4 is 13.6 Å². The molecule has 0 radical (unpaired) electrons. The molecule has 0 saturated carbocycles. The third-order valence-electron chi connectivity index (χ3n) is 1.65. The fraction of sp³-hybridized carbons (Fsp3) is 0.300. The molecule has 0 bridgehead atoms. The van der Waals surface area contributed by atoms with Crippen LogP contribution in [0, 0.1) is 0 Å². The average molecular weight is 224 g/mol. The molecule has 1 rings (SSSR count). The minimum absolute atomic E-state index is 0.0474. The molecule has 0 amide bonds. The Morgan fingerprint density at radius 1 is 1.25 bits per heavy atom. The van der Waals surface area contributed by atoms with Gasteiger partial charge in [0.25, 0.3) is 0 Å². The summed E-state index contributed by atoms with van der Waals surface area (Å²) < 4.78 is 10.0. The Bertz CT molecular complexity index is 336. The van der Waals surface area contributed by atoms with E-state index in [2.05, 4.69) is 4.65 Å². The lowest BCUT2D eigenvalue weighted by Crippen LogP contribution is -2.20. The molecule has 1 aromatic carbocycles. The molecule has 1 aromatic rings. The van der Waals surface area contributed by atoms with Gasteiger partial charge < -0.3 is 19.4 Å². The Kier molecular flexibility index (Phi) is 4.33. The molecule has 0 saturated heterocycles. The van der Waals surface area contributed by atoms with Gasteiger partial charge in [-0.2, -0.15) is 0 Å². The summed E-state index contributed by atoms with van der Waals surface area (Å²) in [7, 11) is -1.92. The summed E-state index contributed by atoms with van der Waals surface area (Å²) in [6, 6.07) is 4.41. The summed E-state index contributed by atoms with van der Waals surface area (Å²) in [5.41, 5.74) is 0.341. The molecule has 16 heavy (non-hydrogen) atoms. The number of hydrogen-bond donors (Lipinski definition) is 2. The summed E-state index contributed by atoms with van der Waals surface area (Å²) >= 11 is 0. The molecule has 0 aliphatic rings. The Morgan fingerprint density at radius 2 is 1.88 bits per heavy atom. The van der Waals surface area contributed by atoms with Crippen molar-refractivity contribution in [2.45, 2.75) is 20.0 Å². The van der Waals surface area contributed by atoms with Gasteiger partial charge >= 0.3 is 7.32 Å². The van der Waals surface area contributed by atoms with E-state index in [4.69, 9.17) is 14.8 Å². The second kappa shape index (κ2) is 5.53. The lowest BCUT2D eigenvalue weighted by atomic mass is 10.2. The zero-order chi connectivity index (χ0) is 12.1. The molecule has 0 atom stereocenters. The van der Waals surface area contributed by atoms with E-state index in [0.29, 0.717) is 17.6 Å². The minimum Gasteiger partial charge on any atom is -0.512 e. The number of benzene rings is 1. The van der Waals surface area contributed by atoms with Crippen LogP contribution in [0.25, 0.3) is 0 Å². The third-order valence-corrected chi connectivity index (χ3v) is 1.65. The smallest absolute Gasteiger partial charge is 0.512 e. The summed E-state index contributed by atoms with van der Waals surface area (Å²) in [6.07, 6.45) is 0.581. The van der Waals surface area contributed by atoms with Crippen molar-refractivity contribution in [2.75, 3.05) is 0 Å². The van der Waals surface area contributed by atoms with Crippen molar-refractivity contribution < 1.29 is 24.2 Å². The van der Waals surface area contributed by atoms with Gasteiger partial charge in [0.2, 0.25) is 0 Å². The zero-order valence-electron chi connectivity index (χ0n) is 9.08. The Balaban J connectivity index is 2.95. The van der Waals surface area contributed by atoms with E-state index >= 15 is 0 Å². The third kappa shape index (κ3) is 3.92. The fourth-order valence-electron chi connectivity index (χ4n) is 1.19. The van der Waals surface area contributed by atoms with Gasteiger partial charge in [0, 0.05) is 11.6 Å². The quantitative estimate of drug-likeness (QED) is 0.566. The predicted octanol–water partition coefficient (Wildman–Crippen LogP) is 0.635. The first kappa shape index (κ1) is 12.5. The van der Waals surface area contributed by atoms with E-state index in [1.54, 1.807) is 6.07 Å². The van der Waals surface area contributed by atoms with Crippen LogP contribution in [0.4, 0.5) is 0 Å². The first-order chi connectivity index (χ1) is 7.51. The van der Waals surface area contributed by atoms with Crippen LogP contribution in [0.2, 0.25) is 0 Å². The largest absolute Gasteiger partial charge is 0.707 e. The molecule has 0 fully saturated rings. The van der Waals surface area contributed by atoms with Gasteiger partial charge in [-0.05, 0) is 26.0 Å². The number of carbonyl (C=O) groups excluding carboxylic acids is 1. The predicted molar refractivity (Wildman–Crippen MR) is 58.4 cm³/mol. The van der Waals surface area contributed by atoms with Crippen molar-refractivity contribution in [2.24, 2.45) is 0 Å². The summed E-state index contributed by atoms with van der Waals surface area (Å²) in [5.74, 6) is 0.602. The van der Waals surface area contributed by atoms with Gasteiger partial charge in [0.05, 0.1) is 6.10 Å². The molecule has 0 aliphatic heterocycles. The van der Waals surface area contributed by atoms with Crippen molar-refractivity contribution in [3.05, 3.63) is 23.8 Å². The van der Waals surface area contributed by atoms with Crippen LogP contribution < -0.4 is 9.39 Å². The van der Waals surface area contributed by atoms with Crippen LogP contribution >= 0.6 is 0 Å². The highest BCUT2D eigenvalue weighted by atomic mass is 16.6. The van der Waals surface area contributed by atoms with Gasteiger partial charge in [-0.25, -0.2) is 0 Å². The number of aldehydes is 1. The van der Waals surface area contributed by atoms with Gasteiger partial charge in [0.15, 0.2) is 0 Å². The Labute approximate surface area is 93.8 Å². The van der Waals surface area contributed by atoms with E-state index in [1.807, 2.05) is 13.8 Å². The topological polar surface area (TPSA) is 76.0 Å². The molecule has 0 unspecified atom stereocenters. The molecule has 86 valence electrons. The Morgan fingerprint density at radius 3 is 2.38 bits per heavy atom. The van der Waals surface area contributed by atoms with Crippen molar-refractivity contribution in [1.29, 1.82) is 0 Å². The van der Waals surface area contributed by atoms with Gasteiger partial charge in [-0.1, -0.05) is 0 Å². The lowest BCUT2D eigenvalue weighted by molar-refractivity contribution is 0.112. The van der Waals surface area contributed by atoms with E-state index < -0.39 is 7.32 Å². The van der Waals surface area contributed by atoms with Crippen LogP contribution in [-0.4, -0.2) is 29.8 Å². The Hall–Kier alpha value is -1.53. The molecular formula is C10H13BO5. The SMILES string of the molecule is CC(C)Oc1cc(C=O)cc(OB(O)O)c1. The van der Waals surface area contributed by atoms with Crippen LogP contribution in [0.1, 0.15) is 24.2 Å². The normalized spacial score (nSPS) is 10.1. The standard InChI is InChI=1S/C10H13BO5/c1-7(2)15-9-3-8(6-12)4-10(5-9)16-11(13)14/h3-7,13-14H,1-2H3. The maximum absolute atomic E-state index is 10.6. The number of hydrogen-bond acceptors (Lipinski definition) is 5. The van der Waals surface area contributed by atoms with Gasteiger partial charge in [-0.3, -0.25) is 4.79 Å². The van der Waals surface area contributed by atoms with Crippen molar-refractivity contribution in [3.8, 4) is 11.5 Å². The van der Waals surface area contributed by atoms with Crippen molar-refractivity contribution in [1.82, 2.24) is 0 Å². The van der Waals surface area contributed by atoms with E-state index in [0.717, 1.165) is 0 Å². The van der Waals surface area contributed by atoms with E-state index in [1.165, 1.54) is 12.1 Å². The molecular weight excluding hydrogens is 211 g/mol. The number of ether oxygens (including phenoxy) is 1. The van der Waals surface area contributed by atoms with Crippen LogP contribution in [0.5, 0.6) is 11.5 Å². The monoisotopic (exact) mass is 224 g/mol. The van der Waals surface area contributed by atoms with Gasteiger partial charge in [0.1, 0.15) is 17.8 Å². The van der Waals surface area contributed by atoms with E-state index in [-0.39, 0.29) is 11.9 Å². The second-order valence-corrected chi connectivity index (χ2v) is 3.47. The molecule has 0 spiro atoms. The maximum Gasteiger partial charge on any atom is 0.707 e. The first-order valence-corrected chi connectivity index (χ1v) is 4.81. The lowest BCUT2D eigenvalue weighted by Gasteiger charge is -2.12. The second-order valence-electron chi connectivity index (χ2n) is 3.47. The molecule has 0 heterocycles. The van der Waals surface area contributed by atoms with Crippen LogP contribution in [0.3, 0.4) is 0 Å². The summed E-state index contributed by atoms with van der Waals surface area (Å²) in [5, 5.41) is 17.3. The van der Waals surface area contributed by atoms with Gasteiger partial charge in [-0.15, -0.1) is 0 Å². The summed E-state index contributed by atoms with van der Waals surface area (Å²) in [6.45, 7) is 3.68. The zero-order valence-corrected chi connectivity index (χ0v) is 9.08. The fourth-order valence-corrected chi connectivity index (χ4v) is 1.19. The highest BCUT2D eigenvalue weighted by Crippen LogP contribution is 2.23. The molecule has 6 heteroatoms. The molecule has 0 aliphatic carbocycles. The highest BCUT2D eigenvalue weighted by Gasteiger charge is 2.13. The number of rotatable bonds is 5. The average Bonchev–Trinajstić information content (AvgIpc) is 2.14. The number of carbonyl (C=O) groups is 1. The van der Waals surface area contributed by atoms with Crippen LogP contribution in [0.15, 0.2) is 18.2 Å². The molecule has 2 N–H and O–H groups in total.